The Kier molecular flexibility index (Phi) is 3.44. The van der Waals surface area contributed by atoms with Crippen LogP contribution in [0.15, 0.2) is 39.9 Å². The lowest BCUT2D eigenvalue weighted by Crippen LogP contribution is -2.12. The van der Waals surface area contributed by atoms with E-state index < -0.39 is 10.0 Å². The van der Waals surface area contributed by atoms with Gasteiger partial charge in [0.05, 0.1) is 18.5 Å². The lowest BCUT2D eigenvalue weighted by molar-refractivity contribution is 0.415. The Balaban J connectivity index is 2.35. The normalized spacial score (nSPS) is 11.2. The first-order valence-electron chi connectivity index (χ1n) is 5.03. The Hall–Kier alpha value is -1.73. The van der Waals surface area contributed by atoms with Gasteiger partial charge in [0.15, 0.2) is 0 Å². The molecule has 0 aliphatic heterocycles. The van der Waals surface area contributed by atoms with Crippen LogP contribution in [0.5, 0.6) is 5.75 Å². The van der Waals surface area contributed by atoms with Crippen LogP contribution in [0.1, 0.15) is 0 Å². The molecule has 0 spiro atoms. The predicted molar refractivity (Wildman–Crippen MR) is 72.5 cm³/mol. The van der Waals surface area contributed by atoms with Gasteiger partial charge >= 0.3 is 0 Å². The molecule has 7 heteroatoms. The number of thiophene rings is 1. The summed E-state index contributed by atoms with van der Waals surface area (Å²) in [6.45, 7) is 0. The van der Waals surface area contributed by atoms with Crippen molar-refractivity contribution in [3.05, 3.63) is 35.7 Å². The summed E-state index contributed by atoms with van der Waals surface area (Å²) in [5.41, 5.74) is 6.38. The van der Waals surface area contributed by atoms with Crippen molar-refractivity contribution < 1.29 is 13.2 Å². The van der Waals surface area contributed by atoms with Crippen molar-refractivity contribution in [1.82, 2.24) is 0 Å². The van der Waals surface area contributed by atoms with Crippen LogP contribution in [0.3, 0.4) is 0 Å². The standard InChI is InChI=1S/C11H12N2O3S2/c1-16-8-4-5-9(12)10(7-8)13-18(14,15)11-3-2-6-17-11/h2-7,13H,12H2,1H3. The van der Waals surface area contributed by atoms with Gasteiger partial charge in [0.2, 0.25) is 0 Å². The first kappa shape index (κ1) is 12.7. The van der Waals surface area contributed by atoms with Gasteiger partial charge in [0.1, 0.15) is 9.96 Å². The molecule has 0 atom stereocenters. The average molecular weight is 284 g/mol. The number of sulfonamides is 1. The van der Waals surface area contributed by atoms with Crippen LogP contribution in [-0.2, 0) is 10.0 Å². The molecular formula is C11H12N2O3S2. The fourth-order valence-corrected chi connectivity index (χ4v) is 3.43. The number of ether oxygens (including phenoxy) is 1. The molecular weight excluding hydrogens is 272 g/mol. The number of methoxy groups -OCH3 is 1. The quantitative estimate of drug-likeness (QED) is 0.843. The van der Waals surface area contributed by atoms with Crippen LogP contribution < -0.4 is 15.2 Å². The smallest absolute Gasteiger partial charge is 0.271 e. The predicted octanol–water partition coefficient (Wildman–Crippen LogP) is 2.14. The van der Waals surface area contributed by atoms with E-state index in [9.17, 15) is 8.42 Å². The number of nitrogens with two attached hydrogens (primary N) is 1. The Morgan fingerprint density at radius 2 is 2.11 bits per heavy atom. The minimum atomic E-state index is -3.58. The first-order chi connectivity index (χ1) is 8.53. The molecule has 3 N–H and O–H groups in total. The molecule has 0 aliphatic carbocycles. The second-order valence-electron chi connectivity index (χ2n) is 3.49. The number of nitrogen functional groups attached to an aromatic ring is 1. The molecule has 18 heavy (non-hydrogen) atoms. The Bertz CT molecular complexity index is 636. The van der Waals surface area contributed by atoms with E-state index in [-0.39, 0.29) is 4.21 Å². The van der Waals surface area contributed by atoms with Crippen LogP contribution in [0.25, 0.3) is 0 Å². The highest BCUT2D eigenvalue weighted by Gasteiger charge is 2.16. The molecule has 0 saturated heterocycles. The summed E-state index contributed by atoms with van der Waals surface area (Å²) in [5, 5.41) is 1.70. The molecule has 0 bridgehead atoms. The minimum Gasteiger partial charge on any atom is -0.497 e. The van der Waals surface area contributed by atoms with E-state index in [1.54, 1.807) is 29.6 Å². The maximum atomic E-state index is 12.0. The average Bonchev–Trinajstić information content (AvgIpc) is 2.86. The summed E-state index contributed by atoms with van der Waals surface area (Å²) in [5.74, 6) is 0.535. The van der Waals surface area contributed by atoms with Gasteiger partial charge in [-0.3, -0.25) is 4.72 Å². The highest BCUT2D eigenvalue weighted by atomic mass is 32.2. The lowest BCUT2D eigenvalue weighted by Gasteiger charge is -2.10. The summed E-state index contributed by atoms with van der Waals surface area (Å²) < 4.78 is 31.7. The third kappa shape index (κ3) is 2.57. The molecule has 0 saturated carbocycles. The molecule has 0 amide bonds. The van der Waals surface area contributed by atoms with Gasteiger partial charge in [-0.15, -0.1) is 11.3 Å². The van der Waals surface area contributed by atoms with E-state index in [1.807, 2.05) is 0 Å². The Labute approximate surface area is 109 Å². The number of benzene rings is 1. The molecule has 1 heterocycles. The van der Waals surface area contributed by atoms with Crippen molar-refractivity contribution >= 4 is 32.7 Å². The van der Waals surface area contributed by atoms with Gasteiger partial charge in [-0.1, -0.05) is 6.07 Å². The summed E-state index contributed by atoms with van der Waals surface area (Å²) in [7, 11) is -2.08. The molecule has 0 radical (unpaired) electrons. The maximum absolute atomic E-state index is 12.0. The van der Waals surface area contributed by atoms with Crippen LogP contribution >= 0.6 is 11.3 Å². The van der Waals surface area contributed by atoms with E-state index >= 15 is 0 Å². The van der Waals surface area contributed by atoms with Gasteiger partial charge in [-0.2, -0.15) is 0 Å². The summed E-state index contributed by atoms with van der Waals surface area (Å²) in [4.78, 5) is 0. The molecule has 1 aromatic carbocycles. The molecule has 2 rings (SSSR count). The summed E-state index contributed by atoms with van der Waals surface area (Å²) in [6.07, 6.45) is 0. The number of nitrogens with one attached hydrogen (secondary N) is 1. The first-order valence-corrected chi connectivity index (χ1v) is 7.39. The molecule has 2 aromatic rings. The van der Waals surface area contributed by atoms with Crippen molar-refractivity contribution in [2.45, 2.75) is 4.21 Å². The molecule has 0 aliphatic rings. The van der Waals surface area contributed by atoms with E-state index in [4.69, 9.17) is 10.5 Å². The highest BCUT2D eigenvalue weighted by Crippen LogP contribution is 2.27. The zero-order valence-corrected chi connectivity index (χ0v) is 11.2. The van der Waals surface area contributed by atoms with Crippen molar-refractivity contribution in [2.24, 2.45) is 0 Å². The SMILES string of the molecule is COc1ccc(N)c(NS(=O)(=O)c2cccs2)c1. The van der Waals surface area contributed by atoms with Gasteiger partial charge in [0.25, 0.3) is 10.0 Å². The van der Waals surface area contributed by atoms with Crippen molar-refractivity contribution in [3.8, 4) is 5.75 Å². The van der Waals surface area contributed by atoms with Crippen molar-refractivity contribution in [2.75, 3.05) is 17.6 Å². The minimum absolute atomic E-state index is 0.240. The van der Waals surface area contributed by atoms with E-state index in [1.165, 1.54) is 13.2 Å². The summed E-state index contributed by atoms with van der Waals surface area (Å²) in [6, 6.07) is 8.00. The van der Waals surface area contributed by atoms with Gasteiger partial charge in [-0.25, -0.2) is 8.42 Å². The third-order valence-corrected chi connectivity index (χ3v) is 5.03. The van der Waals surface area contributed by atoms with Crippen LogP contribution in [0.4, 0.5) is 11.4 Å². The fourth-order valence-electron chi connectivity index (χ4n) is 1.36. The zero-order chi connectivity index (χ0) is 13.2. The Morgan fingerprint density at radius 1 is 1.33 bits per heavy atom. The monoisotopic (exact) mass is 284 g/mol. The maximum Gasteiger partial charge on any atom is 0.271 e. The summed E-state index contributed by atoms with van der Waals surface area (Å²) >= 11 is 1.14. The van der Waals surface area contributed by atoms with E-state index in [0.717, 1.165) is 11.3 Å². The number of anilines is 2. The van der Waals surface area contributed by atoms with Crippen molar-refractivity contribution in [3.63, 3.8) is 0 Å². The number of hydrogen-bond donors (Lipinski definition) is 2. The van der Waals surface area contributed by atoms with Crippen LogP contribution in [0.2, 0.25) is 0 Å². The fraction of sp³-hybridized carbons (Fsp3) is 0.0909. The number of hydrogen-bond acceptors (Lipinski definition) is 5. The van der Waals surface area contributed by atoms with Gasteiger partial charge in [0, 0.05) is 6.07 Å². The topological polar surface area (TPSA) is 81.4 Å². The largest absolute Gasteiger partial charge is 0.497 e. The van der Waals surface area contributed by atoms with E-state index in [0.29, 0.717) is 17.1 Å². The second kappa shape index (κ2) is 4.87. The third-order valence-electron chi connectivity index (χ3n) is 2.26. The number of rotatable bonds is 4. The van der Waals surface area contributed by atoms with Crippen LogP contribution in [-0.4, -0.2) is 15.5 Å². The van der Waals surface area contributed by atoms with Gasteiger partial charge < -0.3 is 10.5 Å². The van der Waals surface area contributed by atoms with Gasteiger partial charge in [-0.05, 0) is 23.6 Å². The zero-order valence-electron chi connectivity index (χ0n) is 9.58. The lowest BCUT2D eigenvalue weighted by atomic mass is 10.2. The molecule has 0 fully saturated rings. The Morgan fingerprint density at radius 3 is 2.72 bits per heavy atom. The molecule has 96 valence electrons. The van der Waals surface area contributed by atoms with Crippen LogP contribution in [0, 0.1) is 0 Å². The van der Waals surface area contributed by atoms with E-state index in [2.05, 4.69) is 4.72 Å². The molecule has 0 unspecified atom stereocenters. The molecule has 5 nitrogen and oxygen atoms in total. The van der Waals surface area contributed by atoms with Crippen molar-refractivity contribution in [1.29, 1.82) is 0 Å². The molecule has 1 aromatic heterocycles. The second-order valence-corrected chi connectivity index (χ2v) is 6.35. The highest BCUT2D eigenvalue weighted by molar-refractivity contribution is 7.94.